The van der Waals surface area contributed by atoms with Gasteiger partial charge in [-0.2, -0.15) is 17.2 Å². The fraction of sp³-hybridized carbons (Fsp3) is 0.923. The quantitative estimate of drug-likeness (QED) is 0.473. The van der Waals surface area contributed by atoms with Crippen molar-refractivity contribution >= 4 is 16.1 Å². The Morgan fingerprint density at radius 3 is 1.70 bits per heavy atom. The van der Waals surface area contributed by atoms with Crippen molar-refractivity contribution in [3.63, 3.8) is 0 Å². The lowest BCUT2D eigenvalue weighted by atomic mass is 9.94. The second kappa shape index (κ2) is 5.61. The molecule has 0 radical (unpaired) electrons. The second-order valence-corrected chi connectivity index (χ2v) is 8.50. The van der Waals surface area contributed by atoms with Crippen LogP contribution in [0.3, 0.4) is 0 Å². The Hall–Kier alpha value is -0.840. The monoisotopic (exact) mass is 360 g/mol. The molecule has 0 aromatic carbocycles. The summed E-state index contributed by atoms with van der Waals surface area (Å²) in [7, 11) is -5.75. The molecule has 0 saturated heterocycles. The third kappa shape index (κ3) is 3.98. The number of alkyl halides is 2. The molecule has 0 heterocycles. The molecule has 136 valence electrons. The number of hydrogen-bond donors (Lipinski definition) is 3. The molecule has 1 aliphatic rings. The molecule has 0 aliphatic heterocycles. The van der Waals surface area contributed by atoms with Gasteiger partial charge in [-0.25, -0.2) is 0 Å². The molecule has 1 aliphatic carbocycles. The summed E-state index contributed by atoms with van der Waals surface area (Å²) in [5.74, 6) is -3.70. The van der Waals surface area contributed by atoms with E-state index >= 15 is 0 Å². The van der Waals surface area contributed by atoms with Crippen LogP contribution in [0.1, 0.15) is 34.6 Å². The van der Waals surface area contributed by atoms with Crippen molar-refractivity contribution in [3.05, 3.63) is 0 Å². The predicted molar refractivity (Wildman–Crippen MR) is 75.1 cm³/mol. The Labute approximate surface area is 133 Å². The SMILES string of the molecule is CC(OC(=O)C1C(C(C)(C)O)C1C(C)(C)O)C(F)(F)S(=O)(=O)O. The maximum Gasteiger partial charge on any atom is 0.405 e. The lowest BCUT2D eigenvalue weighted by molar-refractivity contribution is -0.163. The van der Waals surface area contributed by atoms with Crippen LogP contribution < -0.4 is 0 Å². The number of carbonyl (C=O) groups is 1. The van der Waals surface area contributed by atoms with E-state index in [9.17, 15) is 32.2 Å². The molecule has 1 fully saturated rings. The standard InChI is InChI=1S/C13H22F2O7S/c1-6(13(14,15)23(19,20)21)22-10(16)7-8(11(2,3)17)9(7)12(4,5)18/h6-9,17-18H,1-5H3,(H,19,20,21). The highest BCUT2D eigenvalue weighted by molar-refractivity contribution is 7.86. The number of aliphatic hydroxyl groups is 2. The third-order valence-corrected chi connectivity index (χ3v) is 5.05. The van der Waals surface area contributed by atoms with Crippen molar-refractivity contribution in [2.45, 2.75) is 57.2 Å². The molecule has 0 aromatic rings. The molecule has 3 N–H and O–H groups in total. The summed E-state index contributed by atoms with van der Waals surface area (Å²) >= 11 is 0. The fourth-order valence-corrected chi connectivity index (χ4v) is 3.36. The highest BCUT2D eigenvalue weighted by atomic mass is 32.2. The van der Waals surface area contributed by atoms with Crippen LogP contribution in [0.2, 0.25) is 0 Å². The molecule has 3 atom stereocenters. The molecule has 0 amide bonds. The number of carbonyl (C=O) groups excluding carboxylic acids is 1. The zero-order chi connectivity index (χ0) is 18.6. The summed E-state index contributed by atoms with van der Waals surface area (Å²) in [6, 6.07) is 0. The van der Waals surface area contributed by atoms with E-state index in [-0.39, 0.29) is 0 Å². The summed E-state index contributed by atoms with van der Waals surface area (Å²) in [5, 5.41) is 15.4. The number of esters is 1. The van der Waals surface area contributed by atoms with Crippen molar-refractivity contribution in [1.29, 1.82) is 0 Å². The normalized spacial score (nSPS) is 27.5. The first kappa shape index (κ1) is 20.2. The molecule has 10 heteroatoms. The van der Waals surface area contributed by atoms with Gasteiger partial charge in [0.1, 0.15) is 0 Å². The van der Waals surface area contributed by atoms with Crippen LogP contribution in [0, 0.1) is 17.8 Å². The molecule has 1 rings (SSSR count). The van der Waals surface area contributed by atoms with E-state index in [1.54, 1.807) is 0 Å². The highest BCUT2D eigenvalue weighted by Crippen LogP contribution is 2.58. The first-order valence-electron chi connectivity index (χ1n) is 6.92. The average molecular weight is 360 g/mol. The van der Waals surface area contributed by atoms with Gasteiger partial charge in [0.05, 0.1) is 17.1 Å². The van der Waals surface area contributed by atoms with Crippen LogP contribution in [0.4, 0.5) is 8.78 Å². The summed E-state index contributed by atoms with van der Waals surface area (Å²) in [6.07, 6.45) is -2.42. The van der Waals surface area contributed by atoms with Crippen LogP contribution in [0.15, 0.2) is 0 Å². The van der Waals surface area contributed by atoms with Crippen LogP contribution in [-0.4, -0.2) is 51.7 Å². The summed E-state index contributed by atoms with van der Waals surface area (Å²) in [5.41, 5.74) is -2.74. The fourth-order valence-electron chi connectivity index (χ4n) is 2.89. The number of rotatable bonds is 6. The zero-order valence-corrected chi connectivity index (χ0v) is 14.3. The van der Waals surface area contributed by atoms with Crippen LogP contribution in [0.5, 0.6) is 0 Å². The lowest BCUT2D eigenvalue weighted by Gasteiger charge is -2.22. The lowest BCUT2D eigenvalue weighted by Crippen LogP contribution is -2.42. The summed E-state index contributed by atoms with van der Waals surface area (Å²) < 4.78 is 61.1. The molecule has 7 nitrogen and oxygen atoms in total. The molecular weight excluding hydrogens is 338 g/mol. The summed E-state index contributed by atoms with van der Waals surface area (Å²) in [6.45, 7) is 6.24. The Kier molecular flexibility index (Phi) is 4.93. The third-order valence-electron chi connectivity index (χ3n) is 4.03. The largest absolute Gasteiger partial charge is 0.455 e. The van der Waals surface area contributed by atoms with Crippen LogP contribution in [0.25, 0.3) is 0 Å². The molecule has 0 spiro atoms. The Morgan fingerprint density at radius 2 is 1.43 bits per heavy atom. The summed E-state index contributed by atoms with van der Waals surface area (Å²) in [4.78, 5) is 12.0. The molecule has 0 aromatic heterocycles. The molecule has 23 heavy (non-hydrogen) atoms. The first-order chi connectivity index (χ1) is 9.92. The van der Waals surface area contributed by atoms with Gasteiger partial charge in [0.15, 0.2) is 6.10 Å². The van der Waals surface area contributed by atoms with Gasteiger partial charge in [-0.15, -0.1) is 0 Å². The van der Waals surface area contributed by atoms with E-state index in [4.69, 9.17) is 4.55 Å². The van der Waals surface area contributed by atoms with Gasteiger partial charge >= 0.3 is 21.3 Å². The molecular formula is C13H22F2O7S. The van der Waals surface area contributed by atoms with Gasteiger partial charge in [0.2, 0.25) is 0 Å². The minimum absolute atomic E-state index is 0.631. The second-order valence-electron chi connectivity index (χ2n) is 7.00. The van der Waals surface area contributed by atoms with Crippen molar-refractivity contribution in [2.24, 2.45) is 17.8 Å². The predicted octanol–water partition coefficient (Wildman–Crippen LogP) is 0.803. The van der Waals surface area contributed by atoms with Gasteiger partial charge in [0.25, 0.3) is 0 Å². The van der Waals surface area contributed by atoms with Crippen molar-refractivity contribution < 1.29 is 41.5 Å². The van der Waals surface area contributed by atoms with Gasteiger partial charge in [-0.05, 0) is 34.6 Å². The average Bonchev–Trinajstić information content (AvgIpc) is 3.00. The van der Waals surface area contributed by atoms with E-state index in [1.165, 1.54) is 27.7 Å². The molecule has 1 saturated carbocycles. The van der Waals surface area contributed by atoms with Crippen molar-refractivity contribution in [2.75, 3.05) is 0 Å². The van der Waals surface area contributed by atoms with Gasteiger partial charge in [0, 0.05) is 11.8 Å². The van der Waals surface area contributed by atoms with E-state index in [1.807, 2.05) is 0 Å². The van der Waals surface area contributed by atoms with Crippen molar-refractivity contribution in [1.82, 2.24) is 0 Å². The van der Waals surface area contributed by atoms with E-state index in [0.717, 1.165) is 0 Å². The minimum atomic E-state index is -5.75. The van der Waals surface area contributed by atoms with Crippen LogP contribution >= 0.6 is 0 Å². The highest BCUT2D eigenvalue weighted by Gasteiger charge is 2.67. The molecule has 3 unspecified atom stereocenters. The zero-order valence-electron chi connectivity index (χ0n) is 13.4. The maximum absolute atomic E-state index is 13.4. The number of ether oxygens (including phenoxy) is 1. The maximum atomic E-state index is 13.4. The Morgan fingerprint density at radius 1 is 1.09 bits per heavy atom. The Balaban J connectivity index is 2.94. The minimum Gasteiger partial charge on any atom is -0.455 e. The topological polar surface area (TPSA) is 121 Å². The Bertz CT molecular complexity index is 554. The van der Waals surface area contributed by atoms with Crippen molar-refractivity contribution in [3.8, 4) is 0 Å². The van der Waals surface area contributed by atoms with E-state index < -0.39 is 56.4 Å². The first-order valence-corrected chi connectivity index (χ1v) is 8.36. The molecule has 0 bridgehead atoms. The smallest absolute Gasteiger partial charge is 0.405 e. The van der Waals surface area contributed by atoms with Crippen LogP contribution in [-0.2, 0) is 19.6 Å². The number of hydrogen-bond acceptors (Lipinski definition) is 6. The van der Waals surface area contributed by atoms with E-state index in [0.29, 0.717) is 6.92 Å². The van der Waals surface area contributed by atoms with E-state index in [2.05, 4.69) is 4.74 Å². The number of halogens is 2. The van der Waals surface area contributed by atoms with Gasteiger partial charge < -0.3 is 14.9 Å². The van der Waals surface area contributed by atoms with Gasteiger partial charge in [-0.1, -0.05) is 0 Å². The van der Waals surface area contributed by atoms with Gasteiger partial charge in [-0.3, -0.25) is 9.35 Å².